The molecule has 5 rings (SSSR count). The second-order valence-corrected chi connectivity index (χ2v) is 8.63. The standard InChI is InChI=1S/C26H25NO/c1-14-11-18-13-21-23(16(3)20(18)12-15(14)2)26(5,6)28-25-17(4)19-9-7-8-10-22(19)27-24(21)25/h7-13H,1-6H3. The van der Waals surface area contributed by atoms with Gasteiger partial charge >= 0.3 is 0 Å². The molecule has 2 heteroatoms. The predicted molar refractivity (Wildman–Crippen MR) is 117 cm³/mol. The van der Waals surface area contributed by atoms with Crippen molar-refractivity contribution in [2.24, 2.45) is 0 Å². The summed E-state index contributed by atoms with van der Waals surface area (Å²) in [5.74, 6) is 0.916. The number of ether oxygens (including phenoxy) is 1. The van der Waals surface area contributed by atoms with Gasteiger partial charge in [0, 0.05) is 22.1 Å². The quantitative estimate of drug-likeness (QED) is 0.337. The fraction of sp³-hybridized carbons (Fsp3) is 0.269. The highest BCUT2D eigenvalue weighted by atomic mass is 16.5. The Morgan fingerprint density at radius 3 is 2.32 bits per heavy atom. The van der Waals surface area contributed by atoms with Crippen molar-refractivity contribution in [1.29, 1.82) is 0 Å². The molecule has 0 saturated heterocycles. The lowest BCUT2D eigenvalue weighted by atomic mass is 9.81. The number of fused-ring (bicyclic) bond motifs is 5. The van der Waals surface area contributed by atoms with E-state index < -0.39 is 5.60 Å². The highest BCUT2D eigenvalue weighted by Crippen LogP contribution is 2.49. The average molecular weight is 367 g/mol. The highest BCUT2D eigenvalue weighted by Gasteiger charge is 2.37. The second kappa shape index (κ2) is 5.57. The largest absolute Gasteiger partial charge is 0.481 e. The van der Waals surface area contributed by atoms with Gasteiger partial charge in [-0.25, -0.2) is 4.98 Å². The molecule has 1 aliphatic rings. The molecule has 0 amide bonds. The molecular weight excluding hydrogens is 342 g/mol. The minimum absolute atomic E-state index is 0.408. The van der Waals surface area contributed by atoms with Crippen LogP contribution in [0.4, 0.5) is 0 Å². The fourth-order valence-electron chi connectivity index (χ4n) is 4.78. The number of pyridine rings is 1. The Morgan fingerprint density at radius 1 is 0.821 bits per heavy atom. The SMILES string of the molecule is Cc1cc2cc3c(c(C)c2cc1C)C(C)(C)Oc1c-3nc2ccccc2c1C. The van der Waals surface area contributed by atoms with Gasteiger partial charge in [0.2, 0.25) is 0 Å². The first-order valence-electron chi connectivity index (χ1n) is 9.91. The van der Waals surface area contributed by atoms with Crippen LogP contribution in [0.2, 0.25) is 0 Å². The Labute approximate surface area is 166 Å². The summed E-state index contributed by atoms with van der Waals surface area (Å²) in [6.07, 6.45) is 0. The number of nitrogens with zero attached hydrogens (tertiary/aromatic N) is 1. The average Bonchev–Trinajstić information content (AvgIpc) is 2.64. The van der Waals surface area contributed by atoms with Crippen LogP contribution in [0.3, 0.4) is 0 Å². The first kappa shape index (κ1) is 17.2. The zero-order valence-corrected chi connectivity index (χ0v) is 17.4. The third-order valence-electron chi connectivity index (χ3n) is 6.32. The number of aromatic nitrogens is 1. The minimum Gasteiger partial charge on any atom is -0.481 e. The van der Waals surface area contributed by atoms with E-state index in [-0.39, 0.29) is 0 Å². The number of hydrogen-bond acceptors (Lipinski definition) is 2. The van der Waals surface area contributed by atoms with Crippen LogP contribution in [-0.2, 0) is 5.60 Å². The van der Waals surface area contributed by atoms with E-state index in [1.807, 2.05) is 6.07 Å². The van der Waals surface area contributed by atoms with Crippen molar-refractivity contribution in [2.45, 2.75) is 47.1 Å². The van der Waals surface area contributed by atoms with E-state index in [0.29, 0.717) is 0 Å². The van der Waals surface area contributed by atoms with Crippen LogP contribution in [-0.4, -0.2) is 4.98 Å². The van der Waals surface area contributed by atoms with E-state index in [1.165, 1.54) is 38.6 Å². The predicted octanol–water partition coefficient (Wildman–Crippen LogP) is 6.92. The molecule has 0 saturated carbocycles. The van der Waals surface area contributed by atoms with Gasteiger partial charge in [0.1, 0.15) is 17.0 Å². The van der Waals surface area contributed by atoms with E-state index >= 15 is 0 Å². The highest BCUT2D eigenvalue weighted by molar-refractivity contribution is 5.97. The van der Waals surface area contributed by atoms with Crippen LogP contribution in [0.15, 0.2) is 42.5 Å². The summed E-state index contributed by atoms with van der Waals surface area (Å²) in [5.41, 5.74) is 9.13. The van der Waals surface area contributed by atoms with Gasteiger partial charge in [-0.3, -0.25) is 0 Å². The molecule has 0 radical (unpaired) electrons. The maximum atomic E-state index is 6.61. The summed E-state index contributed by atoms with van der Waals surface area (Å²) in [6, 6.07) is 15.2. The molecule has 1 aliphatic heterocycles. The third-order valence-corrected chi connectivity index (χ3v) is 6.32. The van der Waals surface area contributed by atoms with Crippen molar-refractivity contribution in [3.63, 3.8) is 0 Å². The Hall–Kier alpha value is -2.87. The summed E-state index contributed by atoms with van der Waals surface area (Å²) in [7, 11) is 0. The molecule has 3 aromatic carbocycles. The molecule has 4 aromatic rings. The summed E-state index contributed by atoms with van der Waals surface area (Å²) >= 11 is 0. The number of aryl methyl sites for hydroxylation is 4. The molecule has 0 spiro atoms. The molecule has 0 unspecified atom stereocenters. The van der Waals surface area contributed by atoms with Gasteiger partial charge in [0.05, 0.1) is 5.52 Å². The monoisotopic (exact) mass is 367 g/mol. The molecule has 28 heavy (non-hydrogen) atoms. The van der Waals surface area contributed by atoms with Gasteiger partial charge in [0.15, 0.2) is 0 Å². The molecule has 0 bridgehead atoms. The molecule has 0 fully saturated rings. The van der Waals surface area contributed by atoms with Crippen molar-refractivity contribution >= 4 is 21.7 Å². The molecule has 2 nitrogen and oxygen atoms in total. The number of para-hydroxylation sites is 1. The molecule has 0 N–H and O–H groups in total. The normalized spacial score (nSPS) is 14.6. The van der Waals surface area contributed by atoms with Crippen molar-refractivity contribution < 1.29 is 4.74 Å². The van der Waals surface area contributed by atoms with Gasteiger partial charge in [-0.15, -0.1) is 0 Å². The molecule has 0 atom stereocenters. The van der Waals surface area contributed by atoms with E-state index in [4.69, 9.17) is 9.72 Å². The molecule has 2 heterocycles. The summed E-state index contributed by atoms with van der Waals surface area (Å²) in [6.45, 7) is 13.1. The Morgan fingerprint density at radius 2 is 1.54 bits per heavy atom. The third kappa shape index (κ3) is 2.24. The van der Waals surface area contributed by atoms with E-state index in [1.54, 1.807) is 0 Å². The van der Waals surface area contributed by atoms with Crippen LogP contribution in [0, 0.1) is 27.7 Å². The molecule has 1 aromatic heterocycles. The first-order chi connectivity index (χ1) is 13.3. The van der Waals surface area contributed by atoms with Crippen LogP contribution < -0.4 is 4.74 Å². The maximum Gasteiger partial charge on any atom is 0.150 e. The van der Waals surface area contributed by atoms with Gasteiger partial charge in [-0.05, 0) is 81.1 Å². The first-order valence-corrected chi connectivity index (χ1v) is 9.91. The Bertz CT molecular complexity index is 1300. The summed E-state index contributed by atoms with van der Waals surface area (Å²) in [4.78, 5) is 5.05. The molecule has 0 aliphatic carbocycles. The van der Waals surface area contributed by atoms with E-state index in [2.05, 4.69) is 77.9 Å². The number of rotatable bonds is 0. The lowest BCUT2D eigenvalue weighted by Gasteiger charge is -2.37. The van der Waals surface area contributed by atoms with Gasteiger partial charge in [-0.2, -0.15) is 0 Å². The fourth-order valence-corrected chi connectivity index (χ4v) is 4.78. The Balaban J connectivity index is 1.95. The maximum absolute atomic E-state index is 6.61. The lowest BCUT2D eigenvalue weighted by Crippen LogP contribution is -2.31. The van der Waals surface area contributed by atoms with Crippen molar-refractivity contribution in [3.8, 4) is 17.0 Å². The minimum atomic E-state index is -0.408. The van der Waals surface area contributed by atoms with E-state index in [9.17, 15) is 0 Å². The smallest absolute Gasteiger partial charge is 0.150 e. The van der Waals surface area contributed by atoms with Crippen LogP contribution in [0.1, 0.15) is 41.7 Å². The molecule has 140 valence electrons. The van der Waals surface area contributed by atoms with Crippen molar-refractivity contribution in [1.82, 2.24) is 4.98 Å². The summed E-state index contributed by atoms with van der Waals surface area (Å²) < 4.78 is 6.61. The summed E-state index contributed by atoms with van der Waals surface area (Å²) in [5, 5.41) is 3.74. The van der Waals surface area contributed by atoms with Crippen molar-refractivity contribution in [2.75, 3.05) is 0 Å². The van der Waals surface area contributed by atoms with Gasteiger partial charge < -0.3 is 4.74 Å². The number of benzene rings is 3. The van der Waals surface area contributed by atoms with Crippen molar-refractivity contribution in [3.05, 3.63) is 70.3 Å². The van der Waals surface area contributed by atoms with Crippen LogP contribution >= 0.6 is 0 Å². The zero-order chi connectivity index (χ0) is 19.8. The van der Waals surface area contributed by atoms with Crippen LogP contribution in [0.25, 0.3) is 32.9 Å². The number of hydrogen-bond donors (Lipinski definition) is 0. The topological polar surface area (TPSA) is 22.1 Å². The lowest BCUT2D eigenvalue weighted by molar-refractivity contribution is 0.104. The van der Waals surface area contributed by atoms with Crippen LogP contribution in [0.5, 0.6) is 5.75 Å². The zero-order valence-electron chi connectivity index (χ0n) is 17.4. The second-order valence-electron chi connectivity index (χ2n) is 8.63. The molecular formula is C26H25NO. The van der Waals surface area contributed by atoms with E-state index in [0.717, 1.165) is 27.9 Å². The van der Waals surface area contributed by atoms with Gasteiger partial charge in [-0.1, -0.05) is 30.3 Å². The van der Waals surface area contributed by atoms with Gasteiger partial charge in [0.25, 0.3) is 0 Å². The Kier molecular flexibility index (Phi) is 3.43.